The van der Waals surface area contributed by atoms with Crippen LogP contribution in [0.3, 0.4) is 0 Å². The van der Waals surface area contributed by atoms with Crippen molar-refractivity contribution in [2.24, 2.45) is 0 Å². The lowest BCUT2D eigenvalue weighted by Crippen LogP contribution is -2.24. The quantitative estimate of drug-likeness (QED) is 0.887. The Hall–Kier alpha value is -0.900. The van der Waals surface area contributed by atoms with E-state index in [1.54, 1.807) is 6.07 Å². The van der Waals surface area contributed by atoms with Crippen molar-refractivity contribution in [3.63, 3.8) is 0 Å². The van der Waals surface area contributed by atoms with E-state index in [-0.39, 0.29) is 18.1 Å². The van der Waals surface area contributed by atoms with Crippen LogP contribution >= 0.6 is 15.9 Å². The van der Waals surface area contributed by atoms with Crippen molar-refractivity contribution in [3.05, 3.63) is 34.1 Å². The van der Waals surface area contributed by atoms with Crippen LogP contribution < -0.4 is 5.32 Å². The molecule has 4 heteroatoms. The maximum Gasteiger partial charge on any atom is 0.224 e. The van der Waals surface area contributed by atoms with Gasteiger partial charge in [0, 0.05) is 11.0 Å². The summed E-state index contributed by atoms with van der Waals surface area (Å²) in [5.74, 6) is -0.427. The number of rotatable bonds is 3. The lowest BCUT2D eigenvalue weighted by molar-refractivity contribution is -0.120. The minimum absolute atomic E-state index is 0.0926. The number of nitrogens with one attached hydrogen (secondary N) is 1. The smallest absolute Gasteiger partial charge is 0.224 e. The lowest BCUT2D eigenvalue weighted by atomic mass is 10.1. The van der Waals surface area contributed by atoms with Gasteiger partial charge in [-0.2, -0.15) is 0 Å². The molecular formula is C10H11BrFNO. The Morgan fingerprint density at radius 3 is 2.79 bits per heavy atom. The Kier molecular flexibility index (Phi) is 4.07. The zero-order valence-corrected chi connectivity index (χ0v) is 9.40. The molecule has 0 unspecified atom stereocenters. The van der Waals surface area contributed by atoms with Gasteiger partial charge < -0.3 is 5.32 Å². The Labute approximate surface area is 90.6 Å². The summed E-state index contributed by atoms with van der Waals surface area (Å²) < 4.78 is 13.6. The number of halogens is 2. The lowest BCUT2D eigenvalue weighted by Gasteiger charge is -2.03. The van der Waals surface area contributed by atoms with Crippen LogP contribution in [0.25, 0.3) is 0 Å². The highest BCUT2D eigenvalue weighted by Gasteiger charge is 2.04. The summed E-state index contributed by atoms with van der Waals surface area (Å²) in [6, 6.07) is 4.46. The van der Waals surface area contributed by atoms with E-state index in [1.165, 1.54) is 12.1 Å². The molecular weight excluding hydrogens is 249 g/mol. The van der Waals surface area contributed by atoms with Gasteiger partial charge in [0.05, 0.1) is 6.42 Å². The number of carbonyl (C=O) groups is 1. The number of carbonyl (C=O) groups excluding carboxylic acids is 1. The van der Waals surface area contributed by atoms with Crippen LogP contribution in [-0.2, 0) is 11.2 Å². The molecule has 0 aliphatic rings. The zero-order valence-electron chi connectivity index (χ0n) is 7.81. The van der Waals surface area contributed by atoms with Crippen molar-refractivity contribution in [3.8, 4) is 0 Å². The van der Waals surface area contributed by atoms with Gasteiger partial charge in [0.25, 0.3) is 0 Å². The summed E-state index contributed by atoms with van der Waals surface area (Å²) >= 11 is 3.17. The molecule has 1 N–H and O–H groups in total. The first-order chi connectivity index (χ1) is 6.61. The Morgan fingerprint density at radius 1 is 1.50 bits per heavy atom. The first-order valence-electron chi connectivity index (χ1n) is 4.33. The predicted molar refractivity (Wildman–Crippen MR) is 56.5 cm³/mol. The first-order valence-corrected chi connectivity index (χ1v) is 5.12. The van der Waals surface area contributed by atoms with E-state index >= 15 is 0 Å². The van der Waals surface area contributed by atoms with Gasteiger partial charge in [-0.3, -0.25) is 4.79 Å². The summed E-state index contributed by atoms with van der Waals surface area (Å²) in [5, 5.41) is 2.66. The molecule has 1 amide bonds. The summed E-state index contributed by atoms with van der Waals surface area (Å²) in [6.07, 6.45) is 0.212. The predicted octanol–water partition coefficient (Wildman–Crippen LogP) is 2.27. The molecule has 0 atom stereocenters. The fraction of sp³-hybridized carbons (Fsp3) is 0.300. The summed E-state index contributed by atoms with van der Waals surface area (Å²) in [7, 11) is 0. The van der Waals surface area contributed by atoms with Crippen LogP contribution in [0.15, 0.2) is 22.7 Å². The van der Waals surface area contributed by atoms with Gasteiger partial charge in [0.1, 0.15) is 5.82 Å². The average molecular weight is 260 g/mol. The van der Waals surface area contributed by atoms with Crippen molar-refractivity contribution in [1.82, 2.24) is 5.32 Å². The topological polar surface area (TPSA) is 29.1 Å². The molecule has 0 bridgehead atoms. The van der Waals surface area contributed by atoms with Crippen molar-refractivity contribution < 1.29 is 9.18 Å². The maximum absolute atomic E-state index is 12.9. The molecule has 0 fully saturated rings. The van der Waals surface area contributed by atoms with Gasteiger partial charge in [-0.25, -0.2) is 4.39 Å². The number of likely N-dealkylation sites (N-methyl/N-ethyl adjacent to an activating group) is 1. The van der Waals surface area contributed by atoms with Crippen molar-refractivity contribution in [2.45, 2.75) is 13.3 Å². The van der Waals surface area contributed by atoms with E-state index < -0.39 is 0 Å². The second kappa shape index (κ2) is 5.10. The standard InChI is InChI=1S/C10H11BrFNO/c1-2-13-10(14)5-7-3-8(11)6-9(12)4-7/h3-4,6H,2,5H2,1H3,(H,13,14). The largest absolute Gasteiger partial charge is 0.356 e. The van der Waals surface area contributed by atoms with Crippen LogP contribution in [0.4, 0.5) is 4.39 Å². The SMILES string of the molecule is CCNC(=O)Cc1cc(F)cc(Br)c1. The van der Waals surface area contributed by atoms with Gasteiger partial charge in [-0.05, 0) is 30.7 Å². The van der Waals surface area contributed by atoms with Crippen LogP contribution in [0.5, 0.6) is 0 Å². The molecule has 0 aromatic heterocycles. The number of hydrogen-bond donors (Lipinski definition) is 1. The molecule has 2 nitrogen and oxygen atoms in total. The van der Waals surface area contributed by atoms with Gasteiger partial charge in [-0.15, -0.1) is 0 Å². The van der Waals surface area contributed by atoms with Crippen molar-refractivity contribution >= 4 is 21.8 Å². The molecule has 1 aromatic carbocycles. The molecule has 0 aliphatic carbocycles. The molecule has 0 saturated carbocycles. The second-order valence-electron chi connectivity index (χ2n) is 2.91. The fourth-order valence-electron chi connectivity index (χ4n) is 1.16. The van der Waals surface area contributed by atoms with E-state index in [0.717, 1.165) is 0 Å². The van der Waals surface area contributed by atoms with E-state index in [4.69, 9.17) is 0 Å². The molecule has 0 spiro atoms. The zero-order chi connectivity index (χ0) is 10.6. The molecule has 0 radical (unpaired) electrons. The Bertz CT molecular complexity index is 321. The van der Waals surface area contributed by atoms with E-state index in [9.17, 15) is 9.18 Å². The first kappa shape index (κ1) is 11.2. The summed E-state index contributed by atoms with van der Waals surface area (Å²) in [5.41, 5.74) is 0.669. The Morgan fingerprint density at radius 2 is 2.21 bits per heavy atom. The minimum Gasteiger partial charge on any atom is -0.356 e. The van der Waals surface area contributed by atoms with Crippen molar-refractivity contribution in [2.75, 3.05) is 6.54 Å². The highest BCUT2D eigenvalue weighted by atomic mass is 79.9. The summed E-state index contributed by atoms with van der Waals surface area (Å²) in [4.78, 5) is 11.2. The molecule has 14 heavy (non-hydrogen) atoms. The third-order valence-corrected chi connectivity index (χ3v) is 2.12. The number of amides is 1. The van der Waals surface area contributed by atoms with Crippen molar-refractivity contribution in [1.29, 1.82) is 0 Å². The second-order valence-corrected chi connectivity index (χ2v) is 3.82. The van der Waals surface area contributed by atoms with Gasteiger partial charge in [0.15, 0.2) is 0 Å². The minimum atomic E-state index is -0.335. The maximum atomic E-state index is 12.9. The molecule has 0 heterocycles. The number of benzene rings is 1. The van der Waals surface area contributed by atoms with E-state index in [2.05, 4.69) is 21.2 Å². The third kappa shape index (κ3) is 3.46. The molecule has 1 aromatic rings. The van der Waals surface area contributed by atoms with Crippen LogP contribution in [0.1, 0.15) is 12.5 Å². The van der Waals surface area contributed by atoms with Gasteiger partial charge in [-0.1, -0.05) is 15.9 Å². The average Bonchev–Trinajstić information content (AvgIpc) is 2.01. The number of hydrogen-bond acceptors (Lipinski definition) is 1. The molecule has 0 saturated heterocycles. The monoisotopic (exact) mass is 259 g/mol. The Balaban J connectivity index is 2.71. The van der Waals surface area contributed by atoms with Crippen LogP contribution in [-0.4, -0.2) is 12.5 Å². The normalized spacial score (nSPS) is 9.93. The van der Waals surface area contributed by atoms with E-state index in [0.29, 0.717) is 16.6 Å². The van der Waals surface area contributed by atoms with Gasteiger partial charge in [0.2, 0.25) is 5.91 Å². The fourth-order valence-corrected chi connectivity index (χ4v) is 1.67. The molecule has 0 aliphatic heterocycles. The third-order valence-electron chi connectivity index (χ3n) is 1.66. The van der Waals surface area contributed by atoms with Crippen LogP contribution in [0, 0.1) is 5.82 Å². The highest BCUT2D eigenvalue weighted by molar-refractivity contribution is 9.10. The highest BCUT2D eigenvalue weighted by Crippen LogP contribution is 2.15. The van der Waals surface area contributed by atoms with Gasteiger partial charge >= 0.3 is 0 Å². The van der Waals surface area contributed by atoms with Crippen LogP contribution in [0.2, 0.25) is 0 Å². The molecule has 76 valence electrons. The van der Waals surface area contributed by atoms with E-state index in [1.807, 2.05) is 6.92 Å². The summed E-state index contributed by atoms with van der Waals surface area (Å²) in [6.45, 7) is 2.44. The molecule has 1 rings (SSSR count).